The fourth-order valence-corrected chi connectivity index (χ4v) is 1.82. The van der Waals surface area contributed by atoms with Crippen molar-refractivity contribution in [3.63, 3.8) is 0 Å². The number of allylic oxidation sites excluding steroid dienone is 1. The highest BCUT2D eigenvalue weighted by atomic mass is 15.3. The van der Waals surface area contributed by atoms with Crippen LogP contribution >= 0.6 is 0 Å². The third kappa shape index (κ3) is 3.97. The molecule has 1 fully saturated rings. The molecule has 1 aromatic rings. The lowest BCUT2D eigenvalue weighted by atomic mass is 10.3. The van der Waals surface area contributed by atoms with Crippen molar-refractivity contribution in [2.24, 2.45) is 0 Å². The van der Waals surface area contributed by atoms with E-state index in [1.54, 1.807) is 6.33 Å². The van der Waals surface area contributed by atoms with E-state index in [1.165, 1.54) is 12.8 Å². The van der Waals surface area contributed by atoms with Crippen LogP contribution in [0.15, 0.2) is 18.5 Å². The van der Waals surface area contributed by atoms with Gasteiger partial charge in [-0.05, 0) is 39.7 Å². The van der Waals surface area contributed by atoms with E-state index in [2.05, 4.69) is 41.4 Å². The molecule has 4 nitrogen and oxygen atoms in total. The Labute approximate surface area is 103 Å². The highest BCUT2D eigenvalue weighted by Crippen LogP contribution is 2.18. The quantitative estimate of drug-likeness (QED) is 0.580. The van der Waals surface area contributed by atoms with Crippen LogP contribution in [-0.2, 0) is 6.42 Å². The second-order valence-electron chi connectivity index (χ2n) is 4.91. The largest absolute Gasteiger partial charge is 0.314 e. The van der Waals surface area contributed by atoms with E-state index in [1.807, 2.05) is 4.68 Å². The van der Waals surface area contributed by atoms with Gasteiger partial charge in [0.25, 0.3) is 0 Å². The fraction of sp³-hybridized carbons (Fsp3) is 0.692. The van der Waals surface area contributed by atoms with Crippen molar-refractivity contribution >= 4 is 0 Å². The maximum Gasteiger partial charge on any atom is 0.138 e. The lowest BCUT2D eigenvalue weighted by molar-refractivity contribution is 0.511. The summed E-state index contributed by atoms with van der Waals surface area (Å²) in [5, 5.41) is 7.72. The van der Waals surface area contributed by atoms with Gasteiger partial charge in [-0.1, -0.05) is 12.2 Å². The molecule has 0 amide bonds. The van der Waals surface area contributed by atoms with E-state index in [9.17, 15) is 0 Å². The zero-order chi connectivity index (χ0) is 12.1. The maximum absolute atomic E-state index is 4.28. The summed E-state index contributed by atoms with van der Waals surface area (Å²) in [6, 6.07) is 1.20. The highest BCUT2D eigenvalue weighted by Gasteiger charge is 2.19. The highest BCUT2D eigenvalue weighted by molar-refractivity contribution is 4.97. The molecule has 1 saturated carbocycles. The van der Waals surface area contributed by atoms with Crippen LogP contribution in [0.3, 0.4) is 0 Å². The maximum atomic E-state index is 4.28. The van der Waals surface area contributed by atoms with Gasteiger partial charge in [0.05, 0.1) is 0 Å². The van der Waals surface area contributed by atoms with Crippen LogP contribution in [0.25, 0.3) is 0 Å². The topological polar surface area (TPSA) is 42.7 Å². The lowest BCUT2D eigenvalue weighted by Gasteiger charge is -2.07. The van der Waals surface area contributed by atoms with Crippen molar-refractivity contribution in [2.45, 2.75) is 51.6 Å². The van der Waals surface area contributed by atoms with Crippen LogP contribution in [0.4, 0.5) is 0 Å². The van der Waals surface area contributed by atoms with Gasteiger partial charge in [0, 0.05) is 18.5 Å². The van der Waals surface area contributed by atoms with Crippen molar-refractivity contribution in [2.75, 3.05) is 6.54 Å². The number of nitrogens with zero attached hydrogens (tertiary/aromatic N) is 3. The van der Waals surface area contributed by atoms with Crippen LogP contribution in [0, 0.1) is 0 Å². The number of aromatic nitrogens is 3. The van der Waals surface area contributed by atoms with Gasteiger partial charge < -0.3 is 5.32 Å². The van der Waals surface area contributed by atoms with Crippen LogP contribution < -0.4 is 5.32 Å². The summed E-state index contributed by atoms with van der Waals surface area (Å²) >= 11 is 0. The molecule has 17 heavy (non-hydrogen) atoms. The first-order valence-corrected chi connectivity index (χ1v) is 6.54. The van der Waals surface area contributed by atoms with Crippen LogP contribution in [0.2, 0.25) is 0 Å². The van der Waals surface area contributed by atoms with Gasteiger partial charge in [0.1, 0.15) is 12.2 Å². The Balaban J connectivity index is 1.68. The van der Waals surface area contributed by atoms with Gasteiger partial charge in [0.2, 0.25) is 0 Å². The molecule has 0 aliphatic heterocycles. The molecule has 1 aliphatic carbocycles. The summed E-state index contributed by atoms with van der Waals surface area (Å²) in [7, 11) is 0. The van der Waals surface area contributed by atoms with E-state index >= 15 is 0 Å². The van der Waals surface area contributed by atoms with Gasteiger partial charge >= 0.3 is 0 Å². The van der Waals surface area contributed by atoms with Gasteiger partial charge in [-0.2, -0.15) is 5.10 Å². The van der Waals surface area contributed by atoms with E-state index in [4.69, 9.17) is 0 Å². The summed E-state index contributed by atoms with van der Waals surface area (Å²) in [6.45, 7) is 5.35. The van der Waals surface area contributed by atoms with Gasteiger partial charge in [-0.3, -0.25) is 0 Å². The molecule has 0 aromatic carbocycles. The van der Waals surface area contributed by atoms with E-state index < -0.39 is 0 Å². The number of hydrogen-bond acceptors (Lipinski definition) is 3. The van der Waals surface area contributed by atoms with Crippen molar-refractivity contribution in [3.8, 4) is 0 Å². The Morgan fingerprint density at radius 3 is 3.00 bits per heavy atom. The van der Waals surface area contributed by atoms with Gasteiger partial charge in [-0.15, -0.1) is 0 Å². The normalized spacial score (nSPS) is 16.2. The predicted octanol–water partition coefficient (Wildman–Crippen LogP) is 2.10. The molecule has 1 N–H and O–H groups in total. The van der Waals surface area contributed by atoms with E-state index in [0.29, 0.717) is 6.04 Å². The molecule has 0 spiro atoms. The number of rotatable bonds is 7. The summed E-state index contributed by atoms with van der Waals surface area (Å²) in [5.74, 6) is 1.05. The minimum absolute atomic E-state index is 0.387. The second kappa shape index (κ2) is 5.96. The molecule has 0 unspecified atom stereocenters. The molecular weight excluding hydrogens is 212 g/mol. The monoisotopic (exact) mass is 234 g/mol. The first-order chi connectivity index (χ1) is 8.27. The molecule has 1 aliphatic rings. The third-order valence-electron chi connectivity index (χ3n) is 2.92. The van der Waals surface area contributed by atoms with Crippen LogP contribution in [0.5, 0.6) is 0 Å². The summed E-state index contributed by atoms with van der Waals surface area (Å²) in [6.07, 6.45) is 10.8. The summed E-state index contributed by atoms with van der Waals surface area (Å²) < 4.78 is 1.98. The molecular formula is C13H22N4. The Kier molecular flexibility index (Phi) is 4.31. The first kappa shape index (κ1) is 12.3. The van der Waals surface area contributed by atoms with Gasteiger partial charge in [-0.25, -0.2) is 9.67 Å². The van der Waals surface area contributed by atoms with Gasteiger partial charge in [0.15, 0.2) is 0 Å². The average Bonchev–Trinajstić information content (AvgIpc) is 2.99. The fourth-order valence-electron chi connectivity index (χ4n) is 1.82. The Morgan fingerprint density at radius 2 is 2.29 bits per heavy atom. The third-order valence-corrected chi connectivity index (χ3v) is 2.92. The van der Waals surface area contributed by atoms with Crippen molar-refractivity contribution in [3.05, 3.63) is 24.3 Å². The molecule has 2 rings (SSSR count). The Morgan fingerprint density at radius 1 is 1.47 bits per heavy atom. The molecule has 0 bridgehead atoms. The molecule has 0 atom stereocenters. The molecule has 0 radical (unpaired) electrons. The number of hydrogen-bond donors (Lipinski definition) is 1. The molecule has 1 heterocycles. The molecule has 0 saturated heterocycles. The summed E-state index contributed by atoms with van der Waals surface area (Å²) in [5.41, 5.74) is 0. The summed E-state index contributed by atoms with van der Waals surface area (Å²) in [4.78, 5) is 4.28. The standard InChI is InChI=1S/C13H22N4/c1-11(2)17-13(15-10-16-17)6-4-3-5-9-14-12-7-8-12/h3-4,10-12,14H,5-9H2,1-2H3. The van der Waals surface area contributed by atoms with Crippen molar-refractivity contribution in [1.29, 1.82) is 0 Å². The van der Waals surface area contributed by atoms with Crippen molar-refractivity contribution in [1.82, 2.24) is 20.1 Å². The average molecular weight is 234 g/mol. The van der Waals surface area contributed by atoms with Crippen LogP contribution in [-0.4, -0.2) is 27.4 Å². The lowest BCUT2D eigenvalue weighted by Crippen LogP contribution is -2.16. The zero-order valence-corrected chi connectivity index (χ0v) is 10.8. The smallest absolute Gasteiger partial charge is 0.138 e. The Hall–Kier alpha value is -1.16. The second-order valence-corrected chi connectivity index (χ2v) is 4.91. The van der Waals surface area contributed by atoms with Crippen molar-refractivity contribution < 1.29 is 0 Å². The molecule has 94 valence electrons. The van der Waals surface area contributed by atoms with E-state index in [-0.39, 0.29) is 0 Å². The minimum Gasteiger partial charge on any atom is -0.314 e. The SMILES string of the molecule is CC(C)n1ncnc1CC=CCCNC1CC1. The van der Waals surface area contributed by atoms with Crippen LogP contribution in [0.1, 0.15) is 45.0 Å². The Bertz CT molecular complexity index is 363. The first-order valence-electron chi connectivity index (χ1n) is 6.54. The molecule has 4 heteroatoms. The molecule has 1 aromatic heterocycles. The number of nitrogens with one attached hydrogen (secondary N) is 1. The minimum atomic E-state index is 0.387. The predicted molar refractivity (Wildman–Crippen MR) is 68.9 cm³/mol. The zero-order valence-electron chi connectivity index (χ0n) is 10.8. The van der Waals surface area contributed by atoms with E-state index in [0.717, 1.165) is 31.3 Å².